The number of H-pyrrole nitrogens is 1. The highest BCUT2D eigenvalue weighted by Crippen LogP contribution is 2.48. The minimum atomic E-state index is -1.25. The van der Waals surface area contributed by atoms with Gasteiger partial charge >= 0.3 is 24.0 Å². The Hall–Kier alpha value is -4.39. The van der Waals surface area contributed by atoms with Gasteiger partial charge in [-0.2, -0.15) is 5.21 Å². The number of urea groups is 2. The van der Waals surface area contributed by atoms with Gasteiger partial charge in [0.2, 0.25) is 23.8 Å². The summed E-state index contributed by atoms with van der Waals surface area (Å²) in [6.45, 7) is 2.32. The van der Waals surface area contributed by atoms with Crippen molar-refractivity contribution in [2.24, 2.45) is 5.41 Å². The summed E-state index contributed by atoms with van der Waals surface area (Å²) in [5.74, 6) is -2.21. The predicted molar refractivity (Wildman–Crippen MR) is 154 cm³/mol. The molecule has 2 aliphatic rings. The third kappa shape index (κ3) is 6.88. The number of hydrogen-bond donors (Lipinski definition) is 4. The molecule has 4 rings (SSSR count). The summed E-state index contributed by atoms with van der Waals surface area (Å²) in [7, 11) is 2.61. The number of tetrazole rings is 1. The van der Waals surface area contributed by atoms with Crippen molar-refractivity contribution in [3.63, 3.8) is 0 Å². The summed E-state index contributed by atoms with van der Waals surface area (Å²) in [5.41, 5.74) is -0.812. The average Bonchev–Trinajstić information content (AvgIpc) is 3.54. The number of fused-ring (bicyclic) bond motifs is 1. The summed E-state index contributed by atoms with van der Waals surface area (Å²) < 4.78 is 10.1. The maximum Gasteiger partial charge on any atom is 0.326 e. The molecule has 0 bridgehead atoms. The second kappa shape index (κ2) is 13.9. The Balaban J connectivity index is 1.49. The number of rotatable bonds is 10. The lowest BCUT2D eigenvalue weighted by Gasteiger charge is -2.55. The molecular formula is C25H31N9O8S2. The number of carbonyl (C=O) groups is 6. The van der Waals surface area contributed by atoms with Gasteiger partial charge in [-0.3, -0.25) is 19.2 Å². The van der Waals surface area contributed by atoms with Crippen LogP contribution < -0.4 is 16.0 Å². The molecule has 0 spiro atoms. The summed E-state index contributed by atoms with van der Waals surface area (Å²) in [6, 6.07) is 4.71. The number of ether oxygens (including phenoxy) is 2. The summed E-state index contributed by atoms with van der Waals surface area (Å²) in [5, 5.41) is 20.6. The second-order valence-electron chi connectivity index (χ2n) is 9.86. The van der Waals surface area contributed by atoms with Gasteiger partial charge in [0.25, 0.3) is 0 Å². The van der Waals surface area contributed by atoms with Crippen LogP contribution in [0.5, 0.6) is 0 Å². The molecule has 2 saturated heterocycles. The zero-order chi connectivity index (χ0) is 32.0. The predicted octanol–water partition coefficient (Wildman–Crippen LogP) is -0.147. The van der Waals surface area contributed by atoms with Gasteiger partial charge in [-0.15, -0.1) is 22.0 Å². The SMILES string of the molecule is CNC(=O)N(C)C(=O)NC(C(=O)NC1C(=O)N2CC(C(=O)OCOC(C)=O)(C(C)Sc3nn[nH]n3)CS[C@H]12)c1ccccc1. The Morgan fingerprint density at radius 1 is 1.20 bits per heavy atom. The van der Waals surface area contributed by atoms with Crippen LogP contribution in [0.15, 0.2) is 35.5 Å². The first kappa shape index (κ1) is 32.5. The number of β-lactam (4-membered cyclic amide) rings is 1. The highest BCUT2D eigenvalue weighted by molar-refractivity contribution is 8.01. The van der Waals surface area contributed by atoms with Crippen molar-refractivity contribution >= 4 is 59.3 Å². The van der Waals surface area contributed by atoms with Crippen LogP contribution in [-0.2, 0) is 28.7 Å². The summed E-state index contributed by atoms with van der Waals surface area (Å²) >= 11 is 2.43. The van der Waals surface area contributed by atoms with Crippen molar-refractivity contribution in [1.82, 2.24) is 46.4 Å². The lowest BCUT2D eigenvalue weighted by Crippen LogP contribution is -2.75. The molecule has 4 unspecified atom stereocenters. The number of aromatic amines is 1. The van der Waals surface area contributed by atoms with Gasteiger partial charge in [-0.05, 0) is 10.8 Å². The van der Waals surface area contributed by atoms with Crippen molar-refractivity contribution < 1.29 is 38.2 Å². The van der Waals surface area contributed by atoms with E-state index in [4.69, 9.17) is 9.47 Å². The van der Waals surface area contributed by atoms with Gasteiger partial charge in [-0.1, -0.05) is 49.0 Å². The van der Waals surface area contributed by atoms with Gasteiger partial charge in [0.15, 0.2) is 0 Å². The zero-order valence-electron chi connectivity index (χ0n) is 24.1. The van der Waals surface area contributed by atoms with E-state index in [1.54, 1.807) is 37.3 Å². The fourth-order valence-electron chi connectivity index (χ4n) is 4.58. The van der Waals surface area contributed by atoms with Crippen molar-refractivity contribution in [3.05, 3.63) is 35.9 Å². The molecule has 0 aliphatic carbocycles. The van der Waals surface area contributed by atoms with Gasteiger partial charge in [0.1, 0.15) is 22.9 Å². The quantitative estimate of drug-likeness (QED) is 0.114. The minimum absolute atomic E-state index is 0.0451. The molecule has 1 aromatic heterocycles. The van der Waals surface area contributed by atoms with Crippen LogP contribution in [0.1, 0.15) is 25.5 Å². The highest BCUT2D eigenvalue weighted by atomic mass is 32.2. The van der Waals surface area contributed by atoms with Crippen molar-refractivity contribution in [2.75, 3.05) is 33.2 Å². The monoisotopic (exact) mass is 649 g/mol. The molecule has 1 aromatic carbocycles. The lowest BCUT2D eigenvalue weighted by atomic mass is 9.84. The molecule has 0 saturated carbocycles. The summed E-state index contributed by atoms with van der Waals surface area (Å²) in [6.07, 6.45) is 0. The van der Waals surface area contributed by atoms with E-state index in [1.807, 2.05) is 0 Å². The molecule has 0 radical (unpaired) electrons. The van der Waals surface area contributed by atoms with E-state index >= 15 is 0 Å². The molecule has 17 nitrogen and oxygen atoms in total. The number of thioether (sulfide) groups is 2. The van der Waals surface area contributed by atoms with E-state index in [1.165, 1.54) is 37.7 Å². The van der Waals surface area contributed by atoms with Crippen LogP contribution in [0.25, 0.3) is 0 Å². The van der Waals surface area contributed by atoms with Crippen LogP contribution in [0.4, 0.5) is 9.59 Å². The molecule has 2 aliphatic heterocycles. The molecule has 44 heavy (non-hydrogen) atoms. The molecule has 2 fully saturated rings. The van der Waals surface area contributed by atoms with E-state index in [0.717, 1.165) is 16.7 Å². The second-order valence-corrected chi connectivity index (χ2v) is 12.3. The van der Waals surface area contributed by atoms with Crippen LogP contribution in [0.3, 0.4) is 0 Å². The van der Waals surface area contributed by atoms with Gasteiger partial charge in [0.05, 0.1) is 0 Å². The van der Waals surface area contributed by atoms with Gasteiger partial charge < -0.3 is 30.3 Å². The van der Waals surface area contributed by atoms with Crippen molar-refractivity contribution in [1.29, 1.82) is 0 Å². The van der Waals surface area contributed by atoms with Crippen LogP contribution in [-0.4, -0.2) is 116 Å². The third-order valence-corrected chi connectivity index (χ3v) is 9.87. The molecule has 5 atom stereocenters. The fraction of sp³-hybridized carbons (Fsp3) is 0.480. The van der Waals surface area contributed by atoms with E-state index in [2.05, 4.69) is 36.6 Å². The van der Waals surface area contributed by atoms with Crippen molar-refractivity contribution in [2.45, 2.75) is 41.7 Å². The van der Waals surface area contributed by atoms with E-state index < -0.39 is 70.7 Å². The number of aromatic nitrogens is 4. The lowest BCUT2D eigenvalue weighted by molar-refractivity contribution is -0.176. The fourth-order valence-corrected chi connectivity index (χ4v) is 7.32. The van der Waals surface area contributed by atoms with Gasteiger partial charge in [-0.25, -0.2) is 14.5 Å². The smallest absolute Gasteiger partial charge is 0.326 e. The molecule has 2 aromatic rings. The molecule has 236 valence electrons. The Bertz CT molecular complexity index is 1400. The van der Waals surface area contributed by atoms with Crippen LogP contribution in [0, 0.1) is 5.41 Å². The number of imide groups is 1. The highest BCUT2D eigenvalue weighted by Gasteiger charge is 2.60. The maximum absolute atomic E-state index is 13.5. The number of amides is 6. The largest absolute Gasteiger partial charge is 0.428 e. The molecule has 19 heteroatoms. The standard InChI is InChI=1S/C25H31N9O8S2/c1-13(44-22-29-31-32-30-22)25(21(38)42-12-41-14(2)35)10-34-19(37)17(20(34)43-11-25)27-18(36)16(15-8-6-5-7-9-15)28-24(40)33(4)23(39)26-3/h5-9,13,16-17,20H,10-12H2,1-4H3,(H,26,39)(H,27,36)(H,28,40)(H,29,30,31,32)/t13?,16?,17?,20-,25?/m1/s1. The van der Waals surface area contributed by atoms with E-state index in [9.17, 15) is 28.8 Å². The number of carbonyl (C=O) groups excluding carboxylic acids is 6. The number of nitrogens with one attached hydrogen (secondary N) is 4. The third-order valence-electron chi connectivity index (χ3n) is 7.13. The van der Waals surface area contributed by atoms with Crippen molar-refractivity contribution in [3.8, 4) is 0 Å². The molecule has 4 N–H and O–H groups in total. The van der Waals surface area contributed by atoms with E-state index in [0.29, 0.717) is 5.56 Å². The van der Waals surface area contributed by atoms with E-state index in [-0.39, 0.29) is 17.5 Å². The number of nitrogens with zero attached hydrogens (tertiary/aromatic N) is 5. The minimum Gasteiger partial charge on any atom is -0.428 e. The topological polar surface area (TPSA) is 218 Å². The Labute approximate surface area is 259 Å². The molecular weight excluding hydrogens is 618 g/mol. The first-order chi connectivity index (χ1) is 21.0. The number of hydrogen-bond acceptors (Lipinski definition) is 13. The first-order valence-electron chi connectivity index (χ1n) is 13.2. The first-order valence-corrected chi connectivity index (χ1v) is 15.2. The molecule has 6 amide bonds. The normalized spacial score (nSPS) is 21.9. The van der Waals surface area contributed by atoms with Crippen LogP contribution >= 0.6 is 23.5 Å². The number of esters is 2. The zero-order valence-corrected chi connectivity index (χ0v) is 25.8. The Morgan fingerprint density at radius 3 is 2.57 bits per heavy atom. The maximum atomic E-state index is 13.5. The Kier molecular flexibility index (Phi) is 10.3. The van der Waals surface area contributed by atoms with Crippen LogP contribution in [0.2, 0.25) is 0 Å². The molecule has 3 heterocycles. The average molecular weight is 650 g/mol. The van der Waals surface area contributed by atoms with Gasteiger partial charge in [0, 0.05) is 38.6 Å². The summed E-state index contributed by atoms with van der Waals surface area (Å²) in [4.78, 5) is 78.4. The number of benzene rings is 1. The Morgan fingerprint density at radius 2 is 1.93 bits per heavy atom.